The van der Waals surface area contributed by atoms with E-state index in [9.17, 15) is 4.79 Å². The lowest BCUT2D eigenvalue weighted by molar-refractivity contribution is -0.145. The number of allylic oxidation sites excluding steroid dienone is 1. The average molecular weight is 363 g/mol. The molecule has 0 unspecified atom stereocenters. The van der Waals surface area contributed by atoms with Gasteiger partial charge in [-0.2, -0.15) is 10.1 Å². The molecule has 1 N–H and O–H groups in total. The number of aromatic nitrogens is 3. The number of methoxy groups -OCH3 is 1. The van der Waals surface area contributed by atoms with Crippen LogP contribution < -0.4 is 5.32 Å². The molecule has 1 aliphatic heterocycles. The van der Waals surface area contributed by atoms with E-state index in [1.165, 1.54) is 13.4 Å². The number of fused-ring (bicyclic) bond motifs is 1. The van der Waals surface area contributed by atoms with Crippen molar-refractivity contribution in [2.45, 2.75) is 13.0 Å². The van der Waals surface area contributed by atoms with Crippen molar-refractivity contribution in [1.29, 1.82) is 0 Å². The molecule has 2 aromatic rings. The molecule has 6 nitrogen and oxygen atoms in total. The molecule has 1 aromatic carbocycles. The molecule has 0 bridgehead atoms. The lowest BCUT2D eigenvalue weighted by Gasteiger charge is -2.33. The van der Waals surface area contributed by atoms with Crippen molar-refractivity contribution in [2.75, 3.05) is 12.4 Å². The number of anilines is 1. The standard InChI is InChI=1S/C15H15BrN4O2/c1-3-11-12(14(21)22-2)13(9-4-6-10(16)7-5-9)20-15(19-11)17-8-18-20/h3-8,12-13H,1-2H3,(H,17,18,19)/b11-3-/t12-,13+/m0/s1. The van der Waals surface area contributed by atoms with Crippen LogP contribution in [-0.4, -0.2) is 27.8 Å². The van der Waals surface area contributed by atoms with Gasteiger partial charge in [0.25, 0.3) is 0 Å². The summed E-state index contributed by atoms with van der Waals surface area (Å²) in [4.78, 5) is 16.6. The highest BCUT2D eigenvalue weighted by Crippen LogP contribution is 2.38. The van der Waals surface area contributed by atoms with E-state index in [2.05, 4.69) is 31.3 Å². The van der Waals surface area contributed by atoms with Gasteiger partial charge in [-0.3, -0.25) is 4.79 Å². The Bertz CT molecular complexity index is 723. The quantitative estimate of drug-likeness (QED) is 0.831. The molecule has 1 aliphatic rings. The normalized spacial score (nSPS) is 22.0. The van der Waals surface area contributed by atoms with E-state index >= 15 is 0 Å². The zero-order valence-electron chi connectivity index (χ0n) is 12.2. The van der Waals surface area contributed by atoms with Gasteiger partial charge in [0.2, 0.25) is 5.95 Å². The zero-order valence-corrected chi connectivity index (χ0v) is 13.7. The SMILES string of the molecule is C/C=C1\Nc2ncnn2[C@H](c2ccc(Br)cc2)[C@H]1C(=O)OC. The van der Waals surface area contributed by atoms with Crippen LogP contribution in [0.15, 0.2) is 46.8 Å². The number of ether oxygens (including phenoxy) is 1. The lowest BCUT2D eigenvalue weighted by atomic mass is 9.88. The molecule has 0 saturated carbocycles. The predicted octanol–water partition coefficient (Wildman–Crippen LogP) is 2.75. The highest BCUT2D eigenvalue weighted by atomic mass is 79.9. The Kier molecular flexibility index (Phi) is 3.98. The summed E-state index contributed by atoms with van der Waals surface area (Å²) in [5, 5.41) is 7.41. The fourth-order valence-electron chi connectivity index (χ4n) is 2.69. The van der Waals surface area contributed by atoms with Gasteiger partial charge in [-0.15, -0.1) is 0 Å². The summed E-state index contributed by atoms with van der Waals surface area (Å²) in [6.45, 7) is 1.88. The maximum Gasteiger partial charge on any atom is 0.317 e. The molecule has 0 fully saturated rings. The van der Waals surface area contributed by atoms with Crippen molar-refractivity contribution in [3.63, 3.8) is 0 Å². The molecule has 0 radical (unpaired) electrons. The van der Waals surface area contributed by atoms with Crippen LogP contribution in [0.25, 0.3) is 0 Å². The minimum absolute atomic E-state index is 0.300. The van der Waals surface area contributed by atoms with Crippen LogP contribution >= 0.6 is 15.9 Å². The zero-order chi connectivity index (χ0) is 15.7. The van der Waals surface area contributed by atoms with E-state index in [-0.39, 0.29) is 12.0 Å². The number of benzene rings is 1. The Labute approximate surface area is 136 Å². The highest BCUT2D eigenvalue weighted by Gasteiger charge is 2.40. The fourth-order valence-corrected chi connectivity index (χ4v) is 2.95. The Morgan fingerprint density at radius 2 is 2.14 bits per heavy atom. The molecular formula is C15H15BrN4O2. The van der Waals surface area contributed by atoms with Crippen LogP contribution in [0.5, 0.6) is 0 Å². The van der Waals surface area contributed by atoms with Gasteiger partial charge in [-0.25, -0.2) is 4.68 Å². The monoisotopic (exact) mass is 362 g/mol. The number of carbonyl (C=O) groups excluding carboxylic acids is 1. The van der Waals surface area contributed by atoms with Crippen molar-refractivity contribution in [3.05, 3.63) is 52.4 Å². The van der Waals surface area contributed by atoms with Crippen molar-refractivity contribution in [2.24, 2.45) is 5.92 Å². The minimum Gasteiger partial charge on any atom is -0.468 e. The average Bonchev–Trinajstić information content (AvgIpc) is 3.01. The van der Waals surface area contributed by atoms with Crippen LogP contribution in [0.4, 0.5) is 5.95 Å². The molecule has 7 heteroatoms. The van der Waals surface area contributed by atoms with Crippen molar-refractivity contribution in [3.8, 4) is 0 Å². The van der Waals surface area contributed by atoms with Gasteiger partial charge >= 0.3 is 5.97 Å². The van der Waals surface area contributed by atoms with Crippen molar-refractivity contribution in [1.82, 2.24) is 14.8 Å². The van der Waals surface area contributed by atoms with Crippen LogP contribution in [0, 0.1) is 5.92 Å². The molecule has 1 aromatic heterocycles. The first-order chi connectivity index (χ1) is 10.7. The second-order valence-corrected chi connectivity index (χ2v) is 5.81. The molecular weight excluding hydrogens is 348 g/mol. The maximum absolute atomic E-state index is 12.3. The molecule has 0 amide bonds. The number of esters is 1. The first kappa shape index (κ1) is 14.8. The van der Waals surface area contributed by atoms with E-state index in [1.807, 2.05) is 37.3 Å². The molecule has 114 valence electrons. The summed E-state index contributed by atoms with van der Waals surface area (Å²) < 4.78 is 7.70. The number of hydrogen-bond acceptors (Lipinski definition) is 5. The number of nitrogens with one attached hydrogen (secondary N) is 1. The first-order valence-electron chi connectivity index (χ1n) is 6.81. The van der Waals surface area contributed by atoms with Gasteiger partial charge in [0.1, 0.15) is 12.2 Å². The summed E-state index contributed by atoms with van der Waals surface area (Å²) in [5.74, 6) is -0.193. The van der Waals surface area contributed by atoms with Gasteiger partial charge in [-0.05, 0) is 24.6 Å². The molecule has 22 heavy (non-hydrogen) atoms. The van der Waals surface area contributed by atoms with Crippen molar-refractivity contribution < 1.29 is 9.53 Å². The van der Waals surface area contributed by atoms with E-state index < -0.39 is 5.92 Å². The third-order valence-electron chi connectivity index (χ3n) is 3.72. The lowest BCUT2D eigenvalue weighted by Crippen LogP contribution is -2.37. The minimum atomic E-state index is -0.495. The number of hydrogen-bond donors (Lipinski definition) is 1. The maximum atomic E-state index is 12.3. The van der Waals surface area contributed by atoms with E-state index in [0.717, 1.165) is 15.7 Å². The second kappa shape index (κ2) is 5.92. The summed E-state index contributed by atoms with van der Waals surface area (Å²) in [6.07, 6.45) is 3.34. The summed E-state index contributed by atoms with van der Waals surface area (Å²) in [5.41, 5.74) is 1.73. The van der Waals surface area contributed by atoms with E-state index in [1.54, 1.807) is 4.68 Å². The van der Waals surface area contributed by atoms with Crippen LogP contribution in [-0.2, 0) is 9.53 Å². The molecule has 2 heterocycles. The third kappa shape index (κ3) is 2.41. The van der Waals surface area contributed by atoms with Crippen molar-refractivity contribution >= 4 is 27.8 Å². The summed E-state index contributed by atoms with van der Waals surface area (Å²) >= 11 is 3.43. The molecule has 2 atom stereocenters. The van der Waals surface area contributed by atoms with E-state index in [4.69, 9.17) is 4.74 Å². The first-order valence-corrected chi connectivity index (χ1v) is 7.61. The van der Waals surface area contributed by atoms with Crippen LogP contribution in [0.3, 0.4) is 0 Å². The number of nitrogens with zero attached hydrogens (tertiary/aromatic N) is 3. The number of carbonyl (C=O) groups is 1. The molecule has 0 aliphatic carbocycles. The Hall–Kier alpha value is -2.15. The van der Waals surface area contributed by atoms with E-state index in [0.29, 0.717) is 5.95 Å². The number of rotatable bonds is 2. The summed E-state index contributed by atoms with van der Waals surface area (Å²) in [7, 11) is 1.39. The van der Waals surface area contributed by atoms with Gasteiger partial charge in [0, 0.05) is 10.2 Å². The Morgan fingerprint density at radius 1 is 1.41 bits per heavy atom. The molecule has 0 spiro atoms. The van der Waals surface area contributed by atoms with Crippen LogP contribution in [0.2, 0.25) is 0 Å². The topological polar surface area (TPSA) is 69.0 Å². The Balaban J connectivity index is 2.16. The predicted molar refractivity (Wildman–Crippen MR) is 85.2 cm³/mol. The van der Waals surface area contributed by atoms with Gasteiger partial charge in [0.15, 0.2) is 0 Å². The number of halogens is 1. The third-order valence-corrected chi connectivity index (χ3v) is 4.25. The second-order valence-electron chi connectivity index (χ2n) is 4.89. The Morgan fingerprint density at radius 3 is 2.77 bits per heavy atom. The largest absolute Gasteiger partial charge is 0.468 e. The fraction of sp³-hybridized carbons (Fsp3) is 0.267. The van der Waals surface area contributed by atoms with Gasteiger partial charge in [0.05, 0.1) is 13.2 Å². The smallest absolute Gasteiger partial charge is 0.317 e. The van der Waals surface area contributed by atoms with Crippen LogP contribution in [0.1, 0.15) is 18.5 Å². The van der Waals surface area contributed by atoms with Gasteiger partial charge < -0.3 is 10.1 Å². The molecule has 0 saturated heterocycles. The molecule has 3 rings (SSSR count). The highest BCUT2D eigenvalue weighted by molar-refractivity contribution is 9.10. The van der Waals surface area contributed by atoms with Gasteiger partial charge in [-0.1, -0.05) is 34.1 Å². The summed E-state index contributed by atoms with van der Waals surface area (Å²) in [6, 6.07) is 7.52.